The second kappa shape index (κ2) is 18.7. The summed E-state index contributed by atoms with van der Waals surface area (Å²) in [7, 11) is 1.37. The summed E-state index contributed by atoms with van der Waals surface area (Å²) >= 11 is 0. The van der Waals surface area contributed by atoms with Crippen molar-refractivity contribution >= 4 is 45.3 Å². The Balaban J connectivity index is 2.00. The molecule has 0 heterocycles. The molecule has 0 spiro atoms. The number of benzene rings is 4. The molecule has 55 heavy (non-hydrogen) atoms. The lowest BCUT2D eigenvalue weighted by atomic mass is 9.98. The van der Waals surface area contributed by atoms with Crippen molar-refractivity contribution < 1.29 is 37.0 Å². The van der Waals surface area contributed by atoms with Crippen LogP contribution in [-0.2, 0) is 28.9 Å². The maximum Gasteiger partial charge on any atom is 0.325 e. The first-order valence-corrected chi connectivity index (χ1v) is 19.5. The molecular weight excluding hydrogens is 717 g/mol. The van der Waals surface area contributed by atoms with Gasteiger partial charge in [0.1, 0.15) is 35.1 Å². The molecule has 0 amide bonds. The monoisotopic (exact) mass is 768 g/mol. The van der Waals surface area contributed by atoms with Crippen LogP contribution in [0.25, 0.3) is 12.2 Å². The molecule has 0 radical (unpaired) electrons. The number of carbonyl (C=O) groups excluding carboxylic acids is 2. The number of hydrogen-bond donors (Lipinski definition) is 2. The summed E-state index contributed by atoms with van der Waals surface area (Å²) in [5.74, 6) is -0.137. The SMILES string of the molecule is COC(=O)CNc1cc(C(/C=C/c2c(C)cc(C)cc2C)S(=O)(=O)C(/C=C/c2c(C)cc(C)cc2C)c2ccc(OC)c(NCC(=O)OC)c2)ccc1OC. The van der Waals surface area contributed by atoms with Gasteiger partial charge in [0.15, 0.2) is 9.84 Å². The number of aryl methyl sites for hydroxylation is 6. The van der Waals surface area contributed by atoms with Gasteiger partial charge in [-0.2, -0.15) is 0 Å². The van der Waals surface area contributed by atoms with Gasteiger partial charge in [-0.15, -0.1) is 0 Å². The van der Waals surface area contributed by atoms with Gasteiger partial charge in [0.25, 0.3) is 0 Å². The summed E-state index contributed by atoms with van der Waals surface area (Å²) in [6, 6.07) is 18.4. The van der Waals surface area contributed by atoms with E-state index in [1.165, 1.54) is 28.4 Å². The Morgan fingerprint density at radius 2 is 0.927 bits per heavy atom. The smallest absolute Gasteiger partial charge is 0.325 e. The topological polar surface area (TPSA) is 129 Å². The lowest BCUT2D eigenvalue weighted by molar-refractivity contribution is -0.139. The summed E-state index contributed by atoms with van der Waals surface area (Å²) in [5.41, 5.74) is 9.85. The second-order valence-corrected chi connectivity index (χ2v) is 15.7. The highest BCUT2D eigenvalue weighted by Gasteiger charge is 2.35. The Morgan fingerprint density at radius 1 is 0.582 bits per heavy atom. The number of ether oxygens (including phenoxy) is 4. The number of sulfone groups is 1. The van der Waals surface area contributed by atoms with E-state index in [0.717, 1.165) is 44.5 Å². The lowest BCUT2D eigenvalue weighted by Crippen LogP contribution is -2.20. The first kappa shape index (κ1) is 42.2. The summed E-state index contributed by atoms with van der Waals surface area (Å²) in [4.78, 5) is 24.2. The highest BCUT2D eigenvalue weighted by Crippen LogP contribution is 2.41. The van der Waals surface area contributed by atoms with Crippen LogP contribution in [0.2, 0.25) is 0 Å². The molecule has 0 saturated heterocycles. The first-order valence-electron chi connectivity index (χ1n) is 17.9. The van der Waals surface area contributed by atoms with E-state index < -0.39 is 32.3 Å². The van der Waals surface area contributed by atoms with Crippen molar-refractivity contribution in [2.24, 2.45) is 0 Å². The van der Waals surface area contributed by atoms with Crippen LogP contribution in [0.15, 0.2) is 72.8 Å². The van der Waals surface area contributed by atoms with Crippen LogP contribution < -0.4 is 20.1 Å². The molecule has 292 valence electrons. The quantitative estimate of drug-likeness (QED) is 0.107. The van der Waals surface area contributed by atoms with Crippen molar-refractivity contribution in [1.82, 2.24) is 0 Å². The van der Waals surface area contributed by atoms with E-state index in [2.05, 4.69) is 34.9 Å². The predicted molar refractivity (Wildman–Crippen MR) is 221 cm³/mol. The van der Waals surface area contributed by atoms with Crippen molar-refractivity contribution in [3.8, 4) is 11.5 Å². The summed E-state index contributed by atoms with van der Waals surface area (Å²) < 4.78 is 51.9. The fourth-order valence-electron chi connectivity index (χ4n) is 6.81. The zero-order valence-corrected chi connectivity index (χ0v) is 34.1. The van der Waals surface area contributed by atoms with Crippen molar-refractivity contribution in [3.63, 3.8) is 0 Å². The average molecular weight is 769 g/mol. The molecule has 4 rings (SSSR count). The third-order valence-electron chi connectivity index (χ3n) is 9.47. The van der Waals surface area contributed by atoms with Crippen LogP contribution in [0.5, 0.6) is 11.5 Å². The van der Waals surface area contributed by atoms with Gasteiger partial charge in [-0.1, -0.05) is 71.8 Å². The molecule has 4 aromatic carbocycles. The van der Waals surface area contributed by atoms with Crippen LogP contribution in [0.4, 0.5) is 11.4 Å². The van der Waals surface area contributed by atoms with E-state index in [4.69, 9.17) is 18.9 Å². The predicted octanol–water partition coefficient (Wildman–Crippen LogP) is 8.35. The highest BCUT2D eigenvalue weighted by molar-refractivity contribution is 7.92. The number of esters is 2. The minimum atomic E-state index is -4.22. The Kier molecular flexibility index (Phi) is 14.3. The maximum atomic E-state index is 15.5. The normalized spacial score (nSPS) is 12.7. The molecule has 0 bridgehead atoms. The van der Waals surface area contributed by atoms with E-state index in [-0.39, 0.29) is 13.1 Å². The first-order chi connectivity index (χ1) is 26.1. The third kappa shape index (κ3) is 10.4. The number of hydrogen-bond acceptors (Lipinski definition) is 10. The van der Waals surface area contributed by atoms with Crippen LogP contribution in [0.3, 0.4) is 0 Å². The van der Waals surface area contributed by atoms with Crippen molar-refractivity contribution in [2.75, 3.05) is 52.2 Å². The van der Waals surface area contributed by atoms with Gasteiger partial charge in [0.2, 0.25) is 0 Å². The average Bonchev–Trinajstić information content (AvgIpc) is 3.14. The zero-order valence-electron chi connectivity index (χ0n) is 33.3. The van der Waals surface area contributed by atoms with E-state index in [9.17, 15) is 9.59 Å². The fraction of sp³-hybridized carbons (Fsp3) is 0.318. The standard InChI is InChI=1S/C44H52N2O8S/c1-27-19-29(3)35(30(4)20-27)13-17-41(33-11-15-39(51-7)37(23-33)45-25-43(47)53-9)55(49,50)42(18-14-36-31(5)21-28(2)22-32(36)6)34-12-16-40(52-8)38(24-34)46-26-44(48)54-10/h11-24,41-42,45-46H,25-26H2,1-10H3/b17-13+,18-14+. The minimum absolute atomic E-state index is 0.154. The van der Waals surface area contributed by atoms with E-state index in [0.29, 0.717) is 34.0 Å². The number of anilines is 2. The van der Waals surface area contributed by atoms with Gasteiger partial charge in [0.05, 0.1) is 39.8 Å². The number of methoxy groups -OCH3 is 4. The van der Waals surface area contributed by atoms with Gasteiger partial charge in [-0.3, -0.25) is 9.59 Å². The Bertz CT molecular complexity index is 2010. The molecule has 0 aliphatic carbocycles. The molecule has 2 atom stereocenters. The molecule has 0 aliphatic rings. The third-order valence-corrected chi connectivity index (χ3v) is 11.7. The molecule has 10 nitrogen and oxygen atoms in total. The van der Waals surface area contributed by atoms with E-state index in [1.54, 1.807) is 48.6 Å². The Morgan fingerprint density at radius 3 is 1.24 bits per heavy atom. The number of rotatable bonds is 16. The van der Waals surface area contributed by atoms with Gasteiger partial charge < -0.3 is 29.6 Å². The molecule has 0 fully saturated rings. The number of carbonyl (C=O) groups is 2. The van der Waals surface area contributed by atoms with Crippen molar-refractivity contribution in [3.05, 3.63) is 128 Å². The Hall–Kier alpha value is -5.55. The number of nitrogens with one attached hydrogen (secondary N) is 2. The van der Waals surface area contributed by atoms with Crippen LogP contribution in [0.1, 0.15) is 66.1 Å². The summed E-state index contributed by atoms with van der Waals surface area (Å²) in [5, 5.41) is 3.72. The van der Waals surface area contributed by atoms with Gasteiger partial charge in [-0.05, 0) is 110 Å². The molecule has 0 aliphatic heterocycles. The van der Waals surface area contributed by atoms with Gasteiger partial charge in [-0.25, -0.2) is 8.42 Å². The molecule has 11 heteroatoms. The van der Waals surface area contributed by atoms with Crippen LogP contribution in [-0.4, -0.2) is 61.9 Å². The van der Waals surface area contributed by atoms with E-state index in [1.807, 2.05) is 53.7 Å². The van der Waals surface area contributed by atoms with Gasteiger partial charge in [0, 0.05) is 0 Å². The van der Waals surface area contributed by atoms with Crippen LogP contribution in [0, 0.1) is 41.5 Å². The zero-order chi connectivity index (χ0) is 40.4. The molecule has 0 saturated carbocycles. The lowest BCUT2D eigenvalue weighted by Gasteiger charge is -2.24. The molecular formula is C44H52N2O8S. The second-order valence-electron chi connectivity index (χ2n) is 13.6. The molecule has 2 unspecified atom stereocenters. The van der Waals surface area contributed by atoms with Crippen molar-refractivity contribution in [1.29, 1.82) is 0 Å². The highest BCUT2D eigenvalue weighted by atomic mass is 32.2. The molecule has 4 aromatic rings. The summed E-state index contributed by atoms with van der Waals surface area (Å²) in [6.07, 6.45) is 7.17. The minimum Gasteiger partial charge on any atom is -0.495 e. The van der Waals surface area contributed by atoms with E-state index >= 15 is 8.42 Å². The maximum absolute atomic E-state index is 15.5. The van der Waals surface area contributed by atoms with Crippen LogP contribution >= 0.6 is 0 Å². The summed E-state index contributed by atoms with van der Waals surface area (Å²) in [6.45, 7) is 11.8. The van der Waals surface area contributed by atoms with Gasteiger partial charge >= 0.3 is 11.9 Å². The fourth-order valence-corrected chi connectivity index (χ4v) is 8.78. The molecule has 0 aromatic heterocycles. The largest absolute Gasteiger partial charge is 0.495 e. The Labute approximate surface area is 325 Å². The molecule has 2 N–H and O–H groups in total. The van der Waals surface area contributed by atoms with Crippen molar-refractivity contribution in [2.45, 2.75) is 52.0 Å².